The summed E-state index contributed by atoms with van der Waals surface area (Å²) in [5.74, 6) is 2.63. The maximum absolute atomic E-state index is 6.15. The average molecular weight is 287 g/mol. The number of ether oxygens (including phenoxy) is 2. The fraction of sp³-hybridized carbons (Fsp3) is 0.438. The second-order valence-electron chi connectivity index (χ2n) is 5.46. The Morgan fingerprint density at radius 3 is 2.81 bits per heavy atom. The molecule has 0 saturated carbocycles. The fourth-order valence-electron chi connectivity index (χ4n) is 2.85. The van der Waals surface area contributed by atoms with Gasteiger partial charge in [0.05, 0.1) is 19.9 Å². The van der Waals surface area contributed by atoms with Crippen LogP contribution in [0.25, 0.3) is 11.3 Å². The van der Waals surface area contributed by atoms with Crippen molar-refractivity contribution >= 4 is 0 Å². The van der Waals surface area contributed by atoms with Crippen LogP contribution < -0.4 is 15.2 Å². The van der Waals surface area contributed by atoms with Crippen LogP contribution in [-0.4, -0.2) is 29.8 Å². The molecule has 21 heavy (non-hydrogen) atoms. The van der Waals surface area contributed by atoms with Crippen molar-refractivity contribution in [2.24, 2.45) is 5.73 Å². The molecular formula is C16H21N3O2. The lowest BCUT2D eigenvalue weighted by Crippen LogP contribution is -2.35. The number of imidazole rings is 1. The highest BCUT2D eigenvalue weighted by molar-refractivity contribution is 5.68. The third-order valence-corrected chi connectivity index (χ3v) is 4.25. The highest BCUT2D eigenvalue weighted by atomic mass is 16.5. The summed E-state index contributed by atoms with van der Waals surface area (Å²) in [5, 5.41) is 0. The predicted molar refractivity (Wildman–Crippen MR) is 81.8 cm³/mol. The van der Waals surface area contributed by atoms with Crippen LogP contribution in [0.4, 0.5) is 0 Å². The largest absolute Gasteiger partial charge is 0.497 e. The van der Waals surface area contributed by atoms with E-state index in [1.54, 1.807) is 14.2 Å². The molecule has 2 aromatic rings. The molecule has 1 aromatic heterocycles. The Labute approximate surface area is 124 Å². The summed E-state index contributed by atoms with van der Waals surface area (Å²) in [5.41, 5.74) is 8.04. The zero-order chi connectivity index (χ0) is 15.0. The molecule has 1 aliphatic rings. The van der Waals surface area contributed by atoms with E-state index in [0.29, 0.717) is 0 Å². The van der Waals surface area contributed by atoms with Gasteiger partial charge in [0, 0.05) is 36.3 Å². The van der Waals surface area contributed by atoms with Crippen molar-refractivity contribution in [3.63, 3.8) is 0 Å². The van der Waals surface area contributed by atoms with E-state index in [-0.39, 0.29) is 12.1 Å². The van der Waals surface area contributed by atoms with E-state index >= 15 is 0 Å². The molecular weight excluding hydrogens is 266 g/mol. The first-order valence-electron chi connectivity index (χ1n) is 7.19. The molecule has 0 bridgehead atoms. The number of hydrogen-bond donors (Lipinski definition) is 1. The standard InChI is InChI=1S/C16H21N3O2/c1-10-13(17)6-7-16-18-14(9-19(10)16)12-5-4-11(20-2)8-15(12)21-3/h4-5,8-10,13H,6-7,17H2,1-3H3. The average Bonchev–Trinajstić information content (AvgIpc) is 2.95. The van der Waals surface area contributed by atoms with E-state index in [1.807, 2.05) is 18.2 Å². The summed E-state index contributed by atoms with van der Waals surface area (Å²) in [4.78, 5) is 4.76. The van der Waals surface area contributed by atoms with Gasteiger partial charge in [0.2, 0.25) is 0 Å². The zero-order valence-corrected chi connectivity index (χ0v) is 12.7. The van der Waals surface area contributed by atoms with Gasteiger partial charge in [-0.25, -0.2) is 4.98 Å². The summed E-state index contributed by atoms with van der Waals surface area (Å²) in [6.45, 7) is 2.14. The van der Waals surface area contributed by atoms with Gasteiger partial charge in [-0.2, -0.15) is 0 Å². The van der Waals surface area contributed by atoms with Crippen LogP contribution in [0.5, 0.6) is 11.5 Å². The van der Waals surface area contributed by atoms with Crippen molar-refractivity contribution in [3.8, 4) is 22.8 Å². The van der Waals surface area contributed by atoms with E-state index in [4.69, 9.17) is 20.2 Å². The van der Waals surface area contributed by atoms with Gasteiger partial charge in [0.1, 0.15) is 17.3 Å². The number of hydrogen-bond acceptors (Lipinski definition) is 4. The molecule has 0 aliphatic carbocycles. The minimum atomic E-state index is 0.192. The maximum Gasteiger partial charge on any atom is 0.132 e. The van der Waals surface area contributed by atoms with Gasteiger partial charge in [-0.05, 0) is 25.5 Å². The molecule has 0 fully saturated rings. The van der Waals surface area contributed by atoms with Crippen molar-refractivity contribution in [2.75, 3.05) is 14.2 Å². The Bertz CT molecular complexity index is 651. The summed E-state index contributed by atoms with van der Waals surface area (Å²) < 4.78 is 12.9. The van der Waals surface area contributed by atoms with Gasteiger partial charge in [-0.1, -0.05) is 0 Å². The Hall–Kier alpha value is -2.01. The predicted octanol–water partition coefficient (Wildman–Crippen LogP) is 2.40. The first-order chi connectivity index (χ1) is 10.1. The number of benzene rings is 1. The third-order valence-electron chi connectivity index (χ3n) is 4.25. The minimum absolute atomic E-state index is 0.192. The molecule has 1 aliphatic heterocycles. The number of aromatic nitrogens is 2. The number of fused-ring (bicyclic) bond motifs is 1. The van der Waals surface area contributed by atoms with Crippen LogP contribution >= 0.6 is 0 Å². The second kappa shape index (κ2) is 5.41. The van der Waals surface area contributed by atoms with Crippen LogP contribution in [0.3, 0.4) is 0 Å². The molecule has 3 rings (SSSR count). The lowest BCUT2D eigenvalue weighted by Gasteiger charge is -2.27. The molecule has 112 valence electrons. The summed E-state index contributed by atoms with van der Waals surface area (Å²) in [6, 6.07) is 6.25. The smallest absolute Gasteiger partial charge is 0.132 e. The quantitative estimate of drug-likeness (QED) is 0.941. The Kier molecular flexibility index (Phi) is 3.59. The molecule has 2 heterocycles. The van der Waals surface area contributed by atoms with Gasteiger partial charge >= 0.3 is 0 Å². The Morgan fingerprint density at radius 1 is 1.29 bits per heavy atom. The highest BCUT2D eigenvalue weighted by Gasteiger charge is 2.25. The van der Waals surface area contributed by atoms with Gasteiger partial charge in [0.15, 0.2) is 0 Å². The number of rotatable bonds is 3. The van der Waals surface area contributed by atoms with Crippen LogP contribution in [0, 0.1) is 0 Å². The van der Waals surface area contributed by atoms with Crippen LogP contribution in [-0.2, 0) is 6.42 Å². The van der Waals surface area contributed by atoms with Gasteiger partial charge < -0.3 is 19.8 Å². The lowest BCUT2D eigenvalue weighted by atomic mass is 10.0. The Morgan fingerprint density at radius 2 is 2.10 bits per heavy atom. The van der Waals surface area contributed by atoms with E-state index in [9.17, 15) is 0 Å². The van der Waals surface area contributed by atoms with Gasteiger partial charge in [-0.15, -0.1) is 0 Å². The van der Waals surface area contributed by atoms with E-state index in [2.05, 4.69) is 17.7 Å². The number of nitrogens with two attached hydrogens (primary N) is 1. The monoisotopic (exact) mass is 287 g/mol. The van der Waals surface area contributed by atoms with E-state index in [1.165, 1.54) is 0 Å². The normalized spacial score (nSPS) is 21.0. The second-order valence-corrected chi connectivity index (χ2v) is 5.46. The summed E-state index contributed by atoms with van der Waals surface area (Å²) in [6.07, 6.45) is 3.98. The van der Waals surface area contributed by atoms with Crippen molar-refractivity contribution in [1.82, 2.24) is 9.55 Å². The maximum atomic E-state index is 6.15. The first kappa shape index (κ1) is 13.9. The SMILES string of the molecule is COc1ccc(-c2cn3c(n2)CCC(N)C3C)c(OC)c1. The summed E-state index contributed by atoms with van der Waals surface area (Å²) in [7, 11) is 3.31. The molecule has 0 amide bonds. The minimum Gasteiger partial charge on any atom is -0.497 e. The molecule has 0 radical (unpaired) electrons. The van der Waals surface area contributed by atoms with E-state index < -0.39 is 0 Å². The van der Waals surface area contributed by atoms with Crippen LogP contribution in [0.15, 0.2) is 24.4 Å². The highest BCUT2D eigenvalue weighted by Crippen LogP contribution is 2.34. The third kappa shape index (κ3) is 2.38. The zero-order valence-electron chi connectivity index (χ0n) is 12.7. The summed E-state index contributed by atoms with van der Waals surface area (Å²) >= 11 is 0. The van der Waals surface area contributed by atoms with Crippen molar-refractivity contribution < 1.29 is 9.47 Å². The molecule has 2 atom stereocenters. The molecule has 5 nitrogen and oxygen atoms in total. The van der Waals surface area contributed by atoms with Crippen molar-refractivity contribution in [1.29, 1.82) is 0 Å². The number of aryl methyl sites for hydroxylation is 1. The van der Waals surface area contributed by atoms with Crippen molar-refractivity contribution in [2.45, 2.75) is 31.8 Å². The van der Waals surface area contributed by atoms with Crippen LogP contribution in [0.1, 0.15) is 25.2 Å². The molecule has 1 aromatic carbocycles. The van der Waals surface area contributed by atoms with Gasteiger partial charge in [0.25, 0.3) is 0 Å². The van der Waals surface area contributed by atoms with Crippen molar-refractivity contribution in [3.05, 3.63) is 30.2 Å². The molecule has 5 heteroatoms. The number of methoxy groups -OCH3 is 2. The molecule has 2 unspecified atom stereocenters. The molecule has 0 spiro atoms. The van der Waals surface area contributed by atoms with Gasteiger partial charge in [-0.3, -0.25) is 0 Å². The molecule has 2 N–H and O–H groups in total. The molecule has 0 saturated heterocycles. The lowest BCUT2D eigenvalue weighted by molar-refractivity contribution is 0.368. The first-order valence-corrected chi connectivity index (χ1v) is 7.19. The topological polar surface area (TPSA) is 62.3 Å². The van der Waals surface area contributed by atoms with E-state index in [0.717, 1.165) is 41.4 Å². The number of nitrogens with zero attached hydrogens (tertiary/aromatic N) is 2. The Balaban J connectivity index is 2.04. The van der Waals surface area contributed by atoms with Crippen LogP contribution in [0.2, 0.25) is 0 Å². The fourth-order valence-corrected chi connectivity index (χ4v) is 2.85.